The number of para-hydroxylation sites is 1. The molecule has 2 heterocycles. The number of furan rings is 1. The van der Waals surface area contributed by atoms with E-state index in [1.807, 2.05) is 60.7 Å². The van der Waals surface area contributed by atoms with Crippen molar-refractivity contribution < 1.29 is 13.9 Å². The SMILES string of the molecule is O=C(Cn1cnc2c(oc3ccccc32)c1=O)OCc1cccc2ccccc12. The van der Waals surface area contributed by atoms with Gasteiger partial charge in [-0.3, -0.25) is 14.2 Å². The Bertz CT molecular complexity index is 1430. The van der Waals surface area contributed by atoms with E-state index in [0.29, 0.717) is 11.1 Å². The van der Waals surface area contributed by atoms with E-state index >= 15 is 0 Å². The fourth-order valence-electron chi connectivity index (χ4n) is 3.49. The molecule has 0 radical (unpaired) electrons. The highest BCUT2D eigenvalue weighted by Gasteiger charge is 2.15. The van der Waals surface area contributed by atoms with E-state index in [1.165, 1.54) is 10.9 Å². The molecule has 0 bridgehead atoms. The molecule has 2 aromatic heterocycles. The Balaban J connectivity index is 1.38. The van der Waals surface area contributed by atoms with Crippen molar-refractivity contribution in [1.82, 2.24) is 9.55 Å². The Morgan fingerprint density at radius 3 is 2.62 bits per heavy atom. The van der Waals surface area contributed by atoms with E-state index in [2.05, 4.69) is 4.98 Å². The zero-order valence-corrected chi connectivity index (χ0v) is 15.4. The number of benzene rings is 3. The van der Waals surface area contributed by atoms with Crippen molar-refractivity contribution in [3.63, 3.8) is 0 Å². The minimum absolute atomic E-state index is 0.134. The predicted molar refractivity (Wildman–Crippen MR) is 110 cm³/mol. The van der Waals surface area contributed by atoms with Gasteiger partial charge in [-0.1, -0.05) is 54.6 Å². The maximum absolute atomic E-state index is 12.7. The van der Waals surface area contributed by atoms with Crippen LogP contribution >= 0.6 is 0 Å². The predicted octanol–water partition coefficient (Wildman–Crippen LogP) is 4.04. The van der Waals surface area contributed by atoms with Crippen LogP contribution < -0.4 is 5.56 Å². The van der Waals surface area contributed by atoms with Gasteiger partial charge >= 0.3 is 5.97 Å². The number of hydrogen-bond acceptors (Lipinski definition) is 5. The van der Waals surface area contributed by atoms with Gasteiger partial charge in [0.15, 0.2) is 0 Å². The van der Waals surface area contributed by atoms with Gasteiger partial charge in [0, 0.05) is 5.39 Å². The van der Waals surface area contributed by atoms with Gasteiger partial charge in [0.25, 0.3) is 5.56 Å². The van der Waals surface area contributed by atoms with Crippen LogP contribution in [0, 0.1) is 0 Å². The largest absolute Gasteiger partial charge is 0.459 e. The van der Waals surface area contributed by atoms with E-state index in [0.717, 1.165) is 21.7 Å². The molecule has 5 aromatic rings. The van der Waals surface area contributed by atoms with Crippen molar-refractivity contribution in [3.05, 3.63) is 89.0 Å². The molecule has 6 heteroatoms. The summed E-state index contributed by atoms with van der Waals surface area (Å²) < 4.78 is 12.2. The van der Waals surface area contributed by atoms with Crippen molar-refractivity contribution in [1.29, 1.82) is 0 Å². The second kappa shape index (κ2) is 6.91. The summed E-state index contributed by atoms with van der Waals surface area (Å²) in [7, 11) is 0. The van der Waals surface area contributed by atoms with Crippen LogP contribution in [0.2, 0.25) is 0 Å². The molecule has 142 valence electrons. The molecule has 0 unspecified atom stereocenters. The van der Waals surface area contributed by atoms with Gasteiger partial charge in [-0.25, -0.2) is 4.98 Å². The Labute approximate surface area is 165 Å². The minimum Gasteiger partial charge on any atom is -0.459 e. The lowest BCUT2D eigenvalue weighted by atomic mass is 10.1. The highest BCUT2D eigenvalue weighted by atomic mass is 16.5. The van der Waals surface area contributed by atoms with Gasteiger partial charge in [0.1, 0.15) is 24.3 Å². The van der Waals surface area contributed by atoms with Crippen LogP contribution in [0.1, 0.15) is 5.56 Å². The van der Waals surface area contributed by atoms with Gasteiger partial charge in [0.2, 0.25) is 5.58 Å². The third kappa shape index (κ3) is 3.04. The zero-order valence-electron chi connectivity index (χ0n) is 15.4. The average molecular weight is 384 g/mol. The van der Waals surface area contributed by atoms with E-state index in [-0.39, 0.29) is 18.7 Å². The lowest BCUT2D eigenvalue weighted by Crippen LogP contribution is -2.25. The molecule has 0 spiro atoms. The Morgan fingerprint density at radius 2 is 1.72 bits per heavy atom. The van der Waals surface area contributed by atoms with Gasteiger partial charge < -0.3 is 9.15 Å². The molecule has 5 rings (SSSR count). The average Bonchev–Trinajstić information content (AvgIpc) is 3.14. The molecular formula is C23H16N2O4. The second-order valence-corrected chi connectivity index (χ2v) is 6.75. The summed E-state index contributed by atoms with van der Waals surface area (Å²) >= 11 is 0. The quantitative estimate of drug-likeness (QED) is 0.437. The molecule has 0 aliphatic heterocycles. The van der Waals surface area contributed by atoms with Gasteiger partial charge in [-0.05, 0) is 28.5 Å². The Hall–Kier alpha value is -3.93. The summed E-state index contributed by atoms with van der Waals surface area (Å²) in [6.07, 6.45) is 1.35. The second-order valence-electron chi connectivity index (χ2n) is 6.75. The summed E-state index contributed by atoms with van der Waals surface area (Å²) in [6, 6.07) is 21.1. The van der Waals surface area contributed by atoms with Gasteiger partial charge in [-0.15, -0.1) is 0 Å². The van der Waals surface area contributed by atoms with Crippen LogP contribution in [0.5, 0.6) is 0 Å². The topological polar surface area (TPSA) is 74.3 Å². The van der Waals surface area contributed by atoms with Crippen molar-refractivity contribution in [2.75, 3.05) is 0 Å². The van der Waals surface area contributed by atoms with Crippen molar-refractivity contribution in [3.8, 4) is 0 Å². The first-order valence-corrected chi connectivity index (χ1v) is 9.19. The van der Waals surface area contributed by atoms with Crippen LogP contribution in [0.25, 0.3) is 32.8 Å². The fourth-order valence-corrected chi connectivity index (χ4v) is 3.49. The third-order valence-corrected chi connectivity index (χ3v) is 4.92. The van der Waals surface area contributed by atoms with Crippen LogP contribution in [-0.2, 0) is 22.7 Å². The molecule has 0 aliphatic rings. The van der Waals surface area contributed by atoms with Crippen LogP contribution in [0.15, 0.2) is 82.3 Å². The van der Waals surface area contributed by atoms with E-state index in [9.17, 15) is 9.59 Å². The summed E-state index contributed by atoms with van der Waals surface area (Å²) in [6.45, 7) is -0.0984. The molecule has 0 amide bonds. The molecule has 6 nitrogen and oxygen atoms in total. The van der Waals surface area contributed by atoms with Crippen molar-refractivity contribution in [2.45, 2.75) is 13.2 Å². The fraction of sp³-hybridized carbons (Fsp3) is 0.0870. The molecule has 0 aliphatic carbocycles. The molecule has 0 fully saturated rings. The Kier molecular flexibility index (Phi) is 4.09. The lowest BCUT2D eigenvalue weighted by Gasteiger charge is -2.09. The van der Waals surface area contributed by atoms with Crippen molar-refractivity contribution >= 4 is 38.8 Å². The number of aromatic nitrogens is 2. The number of rotatable bonds is 4. The van der Waals surface area contributed by atoms with E-state index in [4.69, 9.17) is 9.15 Å². The summed E-state index contributed by atoms with van der Waals surface area (Å²) in [4.78, 5) is 29.3. The molecule has 0 saturated carbocycles. The van der Waals surface area contributed by atoms with Crippen molar-refractivity contribution in [2.24, 2.45) is 0 Å². The number of fused-ring (bicyclic) bond motifs is 4. The third-order valence-electron chi connectivity index (χ3n) is 4.92. The van der Waals surface area contributed by atoms with Crippen LogP contribution in [-0.4, -0.2) is 15.5 Å². The first-order valence-electron chi connectivity index (χ1n) is 9.19. The first kappa shape index (κ1) is 17.2. The number of nitrogens with zero attached hydrogens (tertiary/aromatic N) is 2. The molecule has 3 aromatic carbocycles. The monoisotopic (exact) mass is 384 g/mol. The number of carbonyl (C=O) groups is 1. The number of carbonyl (C=O) groups excluding carboxylic acids is 1. The highest BCUT2D eigenvalue weighted by Crippen LogP contribution is 2.24. The molecule has 0 saturated heterocycles. The highest BCUT2D eigenvalue weighted by molar-refractivity contribution is 6.01. The maximum atomic E-state index is 12.7. The lowest BCUT2D eigenvalue weighted by molar-refractivity contribution is -0.145. The number of hydrogen-bond donors (Lipinski definition) is 0. The summed E-state index contributed by atoms with van der Waals surface area (Å²) in [5.74, 6) is -0.516. The Morgan fingerprint density at radius 1 is 0.966 bits per heavy atom. The standard InChI is InChI=1S/C23H16N2O4/c26-20(28-13-16-8-5-7-15-6-1-2-9-17(15)16)12-25-14-24-21-18-10-3-4-11-19(18)29-22(21)23(25)27/h1-11,14H,12-13H2. The van der Waals surface area contributed by atoms with E-state index in [1.54, 1.807) is 6.07 Å². The smallest absolute Gasteiger partial charge is 0.326 e. The van der Waals surface area contributed by atoms with E-state index < -0.39 is 11.5 Å². The molecule has 0 atom stereocenters. The minimum atomic E-state index is -0.516. The van der Waals surface area contributed by atoms with Gasteiger partial charge in [-0.2, -0.15) is 0 Å². The molecular weight excluding hydrogens is 368 g/mol. The molecule has 29 heavy (non-hydrogen) atoms. The maximum Gasteiger partial charge on any atom is 0.326 e. The number of esters is 1. The van der Waals surface area contributed by atoms with Gasteiger partial charge in [0.05, 0.1) is 6.33 Å². The summed E-state index contributed by atoms with van der Waals surface area (Å²) in [5.41, 5.74) is 1.72. The van der Waals surface area contributed by atoms with Crippen LogP contribution in [0.3, 0.4) is 0 Å². The normalized spacial score (nSPS) is 11.3. The first-order chi connectivity index (χ1) is 14.2. The van der Waals surface area contributed by atoms with Crippen LogP contribution in [0.4, 0.5) is 0 Å². The number of ether oxygens (including phenoxy) is 1. The molecule has 0 N–H and O–H groups in total. The zero-order chi connectivity index (χ0) is 19.8. The summed E-state index contributed by atoms with van der Waals surface area (Å²) in [5, 5.41) is 2.88.